The van der Waals surface area contributed by atoms with Crippen LogP contribution in [0.25, 0.3) is 0 Å². The molecule has 0 saturated carbocycles. The predicted molar refractivity (Wildman–Crippen MR) is 60.9 cm³/mol. The van der Waals surface area contributed by atoms with Gasteiger partial charge in [0.2, 0.25) is 10.0 Å². The molecule has 0 radical (unpaired) electrons. The van der Waals surface area contributed by atoms with Crippen molar-refractivity contribution in [3.05, 3.63) is 0 Å². The number of nitrogens with one attached hydrogen (secondary N) is 1. The third-order valence-electron chi connectivity index (χ3n) is 1.55. The van der Waals surface area contributed by atoms with E-state index in [1.54, 1.807) is 0 Å². The van der Waals surface area contributed by atoms with Gasteiger partial charge in [-0.3, -0.25) is 0 Å². The SMILES string of the molecule is CC(C)(C)CC(C)(C)NS(=O)(=O)CCl. The molecule has 0 atom stereocenters. The van der Waals surface area contributed by atoms with Crippen molar-refractivity contribution in [2.45, 2.75) is 46.6 Å². The van der Waals surface area contributed by atoms with Crippen LogP contribution >= 0.6 is 11.6 Å². The van der Waals surface area contributed by atoms with Crippen LogP contribution in [0.2, 0.25) is 0 Å². The molecule has 14 heavy (non-hydrogen) atoms. The van der Waals surface area contributed by atoms with Crippen LogP contribution in [0.15, 0.2) is 0 Å². The predicted octanol–water partition coefficient (Wildman–Crippen LogP) is 2.32. The van der Waals surface area contributed by atoms with E-state index in [2.05, 4.69) is 25.5 Å². The largest absolute Gasteiger partial charge is 0.226 e. The van der Waals surface area contributed by atoms with Gasteiger partial charge < -0.3 is 0 Å². The lowest BCUT2D eigenvalue weighted by Crippen LogP contribution is -2.46. The highest BCUT2D eigenvalue weighted by Gasteiger charge is 2.29. The minimum atomic E-state index is -3.33. The fourth-order valence-electron chi connectivity index (χ4n) is 1.81. The fraction of sp³-hybridized carbons (Fsp3) is 1.00. The molecule has 0 aliphatic heterocycles. The van der Waals surface area contributed by atoms with Crippen LogP contribution in [0.3, 0.4) is 0 Å². The van der Waals surface area contributed by atoms with E-state index in [4.69, 9.17) is 11.6 Å². The minimum Gasteiger partial charge on any atom is -0.211 e. The summed E-state index contributed by atoms with van der Waals surface area (Å²) in [6, 6.07) is 0. The van der Waals surface area contributed by atoms with Crippen molar-refractivity contribution < 1.29 is 8.42 Å². The number of sulfonamides is 1. The average Bonchev–Trinajstić information content (AvgIpc) is 1.78. The summed E-state index contributed by atoms with van der Waals surface area (Å²) >= 11 is 5.32. The molecule has 0 unspecified atom stereocenters. The first-order chi connectivity index (χ1) is 5.97. The summed E-state index contributed by atoms with van der Waals surface area (Å²) in [5, 5.41) is -0.388. The lowest BCUT2D eigenvalue weighted by Gasteiger charge is -2.32. The molecule has 0 amide bonds. The number of rotatable bonds is 4. The maximum absolute atomic E-state index is 11.3. The van der Waals surface area contributed by atoms with Crippen LogP contribution in [-0.4, -0.2) is 19.2 Å². The molecule has 0 bridgehead atoms. The van der Waals surface area contributed by atoms with Gasteiger partial charge in [-0.15, -0.1) is 11.6 Å². The smallest absolute Gasteiger partial charge is 0.211 e. The van der Waals surface area contributed by atoms with Crippen molar-refractivity contribution in [2.75, 3.05) is 5.21 Å². The Labute approximate surface area is 92.3 Å². The molecule has 3 nitrogen and oxygen atoms in total. The van der Waals surface area contributed by atoms with Crippen LogP contribution in [0.1, 0.15) is 41.0 Å². The first-order valence-corrected chi connectivity index (χ1v) is 6.74. The summed E-state index contributed by atoms with van der Waals surface area (Å²) in [5.41, 5.74) is -0.371. The van der Waals surface area contributed by atoms with Crippen LogP contribution in [-0.2, 0) is 10.0 Å². The van der Waals surface area contributed by atoms with E-state index in [0.717, 1.165) is 6.42 Å². The van der Waals surface area contributed by atoms with Crippen LogP contribution < -0.4 is 4.72 Å². The van der Waals surface area contributed by atoms with Gasteiger partial charge in [-0.05, 0) is 25.7 Å². The van der Waals surface area contributed by atoms with Gasteiger partial charge in [-0.25, -0.2) is 13.1 Å². The van der Waals surface area contributed by atoms with Crippen molar-refractivity contribution in [3.63, 3.8) is 0 Å². The van der Waals surface area contributed by atoms with Gasteiger partial charge in [0, 0.05) is 5.54 Å². The topological polar surface area (TPSA) is 46.2 Å². The van der Waals surface area contributed by atoms with Gasteiger partial charge in [0.25, 0.3) is 0 Å². The molecule has 5 heteroatoms. The summed E-state index contributed by atoms with van der Waals surface area (Å²) in [6.45, 7) is 9.95. The second-order valence-corrected chi connectivity index (χ2v) is 7.75. The number of hydrogen-bond acceptors (Lipinski definition) is 2. The van der Waals surface area contributed by atoms with Gasteiger partial charge in [0.1, 0.15) is 5.21 Å². The highest BCUT2D eigenvalue weighted by Crippen LogP contribution is 2.27. The lowest BCUT2D eigenvalue weighted by molar-refractivity contribution is 0.269. The third kappa shape index (κ3) is 6.62. The molecule has 86 valence electrons. The summed E-state index contributed by atoms with van der Waals surface area (Å²) in [5.74, 6) is 0. The van der Waals surface area contributed by atoms with Gasteiger partial charge >= 0.3 is 0 Å². The van der Waals surface area contributed by atoms with E-state index in [9.17, 15) is 8.42 Å². The second-order valence-electron chi connectivity index (χ2n) is 5.45. The highest BCUT2D eigenvalue weighted by molar-refractivity contribution is 7.90. The molecule has 0 aromatic carbocycles. The Kier molecular flexibility index (Phi) is 4.43. The Morgan fingerprint density at radius 1 is 1.14 bits per heavy atom. The first kappa shape index (κ1) is 14.2. The second kappa shape index (κ2) is 4.37. The Bertz CT molecular complexity index is 278. The Balaban J connectivity index is 4.51. The average molecular weight is 242 g/mol. The number of halogens is 1. The van der Waals surface area contributed by atoms with Gasteiger partial charge in [-0.2, -0.15) is 0 Å². The van der Waals surface area contributed by atoms with Crippen LogP contribution in [0.4, 0.5) is 0 Å². The first-order valence-electron chi connectivity index (χ1n) is 4.55. The summed E-state index contributed by atoms with van der Waals surface area (Å²) in [6.07, 6.45) is 0.760. The van der Waals surface area contributed by atoms with Crippen molar-refractivity contribution in [1.82, 2.24) is 4.72 Å². The Morgan fingerprint density at radius 3 is 1.86 bits per heavy atom. The minimum absolute atomic E-state index is 0.0817. The molecule has 0 aliphatic carbocycles. The maximum atomic E-state index is 11.3. The van der Waals surface area contributed by atoms with Gasteiger partial charge in [-0.1, -0.05) is 20.8 Å². The van der Waals surface area contributed by atoms with Crippen LogP contribution in [0, 0.1) is 5.41 Å². The van der Waals surface area contributed by atoms with Gasteiger partial charge in [0.05, 0.1) is 0 Å². The molecule has 0 spiro atoms. The van der Waals surface area contributed by atoms with E-state index in [1.807, 2.05) is 13.8 Å². The van der Waals surface area contributed by atoms with Crippen molar-refractivity contribution >= 4 is 21.6 Å². The number of alkyl halides is 1. The molecule has 0 heterocycles. The van der Waals surface area contributed by atoms with E-state index in [-0.39, 0.29) is 10.6 Å². The molecule has 0 aromatic heterocycles. The van der Waals surface area contributed by atoms with Crippen molar-refractivity contribution in [3.8, 4) is 0 Å². The molecule has 0 fully saturated rings. The monoisotopic (exact) mass is 241 g/mol. The van der Waals surface area contributed by atoms with E-state index in [0.29, 0.717) is 0 Å². The van der Waals surface area contributed by atoms with Crippen molar-refractivity contribution in [2.24, 2.45) is 5.41 Å². The zero-order chi connectivity index (χ0) is 11.6. The maximum Gasteiger partial charge on any atom is 0.226 e. The Hall–Kier alpha value is 0.200. The zero-order valence-electron chi connectivity index (χ0n) is 9.52. The third-order valence-corrected chi connectivity index (χ3v) is 3.56. The van der Waals surface area contributed by atoms with Crippen LogP contribution in [0.5, 0.6) is 0 Å². The summed E-state index contributed by atoms with van der Waals surface area (Å²) < 4.78 is 25.1. The molecular formula is C9H20ClNO2S. The summed E-state index contributed by atoms with van der Waals surface area (Å²) in [7, 11) is -3.33. The zero-order valence-corrected chi connectivity index (χ0v) is 11.1. The molecule has 0 saturated heterocycles. The number of hydrogen-bond donors (Lipinski definition) is 1. The molecule has 0 rings (SSSR count). The van der Waals surface area contributed by atoms with E-state index >= 15 is 0 Å². The van der Waals surface area contributed by atoms with Crippen molar-refractivity contribution in [1.29, 1.82) is 0 Å². The Morgan fingerprint density at radius 2 is 1.57 bits per heavy atom. The van der Waals surface area contributed by atoms with Gasteiger partial charge in [0.15, 0.2) is 0 Å². The van der Waals surface area contributed by atoms with E-state index in [1.165, 1.54) is 0 Å². The fourth-order valence-corrected chi connectivity index (χ4v) is 2.94. The normalized spacial score (nSPS) is 14.4. The molecule has 0 aromatic rings. The summed E-state index contributed by atoms with van der Waals surface area (Å²) in [4.78, 5) is 0. The van der Waals surface area contributed by atoms with E-state index < -0.39 is 15.6 Å². The lowest BCUT2D eigenvalue weighted by atomic mass is 9.82. The highest BCUT2D eigenvalue weighted by atomic mass is 35.5. The molecular weight excluding hydrogens is 222 g/mol. The quantitative estimate of drug-likeness (QED) is 0.768. The molecule has 1 N–H and O–H groups in total. The standard InChI is InChI=1S/C9H20ClNO2S/c1-8(2,3)6-9(4,5)11-14(12,13)7-10/h11H,6-7H2,1-5H3. The molecule has 0 aliphatic rings.